The van der Waals surface area contributed by atoms with Crippen LogP contribution in [-0.4, -0.2) is 42.3 Å². The molecule has 4 atom stereocenters. The van der Waals surface area contributed by atoms with Gasteiger partial charge in [-0.3, -0.25) is 4.90 Å². The average Bonchev–Trinajstić information content (AvgIpc) is 2.31. The number of nitrogens with two attached hydrogens (primary N) is 1. The van der Waals surface area contributed by atoms with Gasteiger partial charge < -0.3 is 10.5 Å². The highest BCUT2D eigenvalue weighted by atomic mass is 16.5. The standard InChI is InChI=1S/C14H30N2O/c1-5-8-13(15)14(7-3)16-9-11(4)17-10-12(16)6-2/h11-14H,5-10,15H2,1-4H3. The fourth-order valence-corrected chi connectivity index (χ4v) is 2.94. The van der Waals surface area contributed by atoms with Crippen molar-refractivity contribution in [3.8, 4) is 0 Å². The van der Waals surface area contributed by atoms with E-state index >= 15 is 0 Å². The molecule has 1 aliphatic rings. The molecule has 1 aliphatic heterocycles. The molecule has 3 heteroatoms. The van der Waals surface area contributed by atoms with Crippen molar-refractivity contribution in [2.24, 2.45) is 5.73 Å². The predicted octanol–water partition coefficient (Wildman–Crippen LogP) is 2.39. The molecule has 0 radical (unpaired) electrons. The van der Waals surface area contributed by atoms with E-state index in [1.54, 1.807) is 0 Å². The van der Waals surface area contributed by atoms with Gasteiger partial charge in [-0.05, 0) is 26.2 Å². The summed E-state index contributed by atoms with van der Waals surface area (Å²) in [7, 11) is 0. The van der Waals surface area contributed by atoms with Crippen LogP contribution in [0.25, 0.3) is 0 Å². The summed E-state index contributed by atoms with van der Waals surface area (Å²) in [6, 6.07) is 1.38. The molecule has 1 heterocycles. The van der Waals surface area contributed by atoms with Gasteiger partial charge in [0, 0.05) is 24.7 Å². The molecule has 102 valence electrons. The fraction of sp³-hybridized carbons (Fsp3) is 1.00. The largest absolute Gasteiger partial charge is 0.376 e. The highest BCUT2D eigenvalue weighted by molar-refractivity contribution is 4.88. The molecule has 4 unspecified atom stereocenters. The molecule has 1 rings (SSSR count). The third-order valence-electron chi connectivity index (χ3n) is 3.94. The molecular formula is C14H30N2O. The maximum atomic E-state index is 6.35. The molecule has 0 aliphatic carbocycles. The summed E-state index contributed by atoms with van der Waals surface area (Å²) in [5, 5.41) is 0. The fourth-order valence-electron chi connectivity index (χ4n) is 2.94. The van der Waals surface area contributed by atoms with E-state index < -0.39 is 0 Å². The lowest BCUT2D eigenvalue weighted by molar-refractivity contribution is -0.0769. The second kappa shape index (κ2) is 7.34. The van der Waals surface area contributed by atoms with Crippen molar-refractivity contribution in [2.75, 3.05) is 13.2 Å². The van der Waals surface area contributed by atoms with Gasteiger partial charge in [0.05, 0.1) is 12.7 Å². The lowest BCUT2D eigenvalue weighted by atomic mass is 9.96. The Bertz CT molecular complexity index is 210. The Balaban J connectivity index is 2.68. The van der Waals surface area contributed by atoms with E-state index in [0.717, 1.165) is 32.4 Å². The number of hydrogen-bond acceptors (Lipinski definition) is 3. The van der Waals surface area contributed by atoms with Gasteiger partial charge in [-0.2, -0.15) is 0 Å². The molecule has 1 saturated heterocycles. The maximum absolute atomic E-state index is 6.35. The number of hydrogen-bond donors (Lipinski definition) is 1. The van der Waals surface area contributed by atoms with Gasteiger partial charge in [0.15, 0.2) is 0 Å². The summed E-state index contributed by atoms with van der Waals surface area (Å²) in [6.07, 6.45) is 4.95. The van der Waals surface area contributed by atoms with E-state index in [1.807, 2.05) is 0 Å². The lowest BCUT2D eigenvalue weighted by Gasteiger charge is -2.45. The SMILES string of the molecule is CCCC(N)C(CC)N1CC(C)OCC1CC. The molecule has 17 heavy (non-hydrogen) atoms. The first-order chi connectivity index (χ1) is 8.13. The smallest absolute Gasteiger partial charge is 0.0674 e. The van der Waals surface area contributed by atoms with Crippen LogP contribution in [0, 0.1) is 0 Å². The third-order valence-corrected chi connectivity index (χ3v) is 3.94. The highest BCUT2D eigenvalue weighted by Gasteiger charge is 2.32. The minimum absolute atomic E-state index is 0.310. The Morgan fingerprint density at radius 2 is 2.06 bits per heavy atom. The van der Waals surface area contributed by atoms with Crippen LogP contribution in [0.15, 0.2) is 0 Å². The Morgan fingerprint density at radius 1 is 1.35 bits per heavy atom. The zero-order valence-electron chi connectivity index (χ0n) is 12.0. The quantitative estimate of drug-likeness (QED) is 0.777. The maximum Gasteiger partial charge on any atom is 0.0674 e. The molecule has 1 fully saturated rings. The molecule has 0 bridgehead atoms. The van der Waals surface area contributed by atoms with Gasteiger partial charge in [0.1, 0.15) is 0 Å². The summed E-state index contributed by atoms with van der Waals surface area (Å²) in [5.41, 5.74) is 6.35. The summed E-state index contributed by atoms with van der Waals surface area (Å²) < 4.78 is 5.76. The van der Waals surface area contributed by atoms with Gasteiger partial charge in [-0.1, -0.05) is 27.2 Å². The van der Waals surface area contributed by atoms with Crippen molar-refractivity contribution in [3.63, 3.8) is 0 Å². The molecule has 0 amide bonds. The molecule has 3 nitrogen and oxygen atoms in total. The number of nitrogens with zero attached hydrogens (tertiary/aromatic N) is 1. The van der Waals surface area contributed by atoms with Gasteiger partial charge in [-0.25, -0.2) is 0 Å². The summed E-state index contributed by atoms with van der Waals surface area (Å²) in [4.78, 5) is 2.61. The van der Waals surface area contributed by atoms with Crippen molar-refractivity contribution in [1.82, 2.24) is 4.90 Å². The van der Waals surface area contributed by atoms with E-state index in [4.69, 9.17) is 10.5 Å². The Labute approximate surface area is 107 Å². The number of rotatable bonds is 6. The Hall–Kier alpha value is -0.120. The number of morpholine rings is 1. The van der Waals surface area contributed by atoms with Crippen LogP contribution in [0.2, 0.25) is 0 Å². The van der Waals surface area contributed by atoms with Crippen LogP contribution in [0.3, 0.4) is 0 Å². The van der Waals surface area contributed by atoms with Crippen LogP contribution in [0.1, 0.15) is 53.4 Å². The molecule has 2 N–H and O–H groups in total. The summed E-state index contributed by atoms with van der Waals surface area (Å²) in [5.74, 6) is 0. The topological polar surface area (TPSA) is 38.5 Å². The minimum Gasteiger partial charge on any atom is -0.376 e. The van der Waals surface area contributed by atoms with Crippen LogP contribution >= 0.6 is 0 Å². The normalized spacial score (nSPS) is 30.2. The van der Waals surface area contributed by atoms with Gasteiger partial charge >= 0.3 is 0 Å². The Morgan fingerprint density at radius 3 is 2.59 bits per heavy atom. The van der Waals surface area contributed by atoms with Crippen LogP contribution in [0.5, 0.6) is 0 Å². The summed E-state index contributed by atoms with van der Waals surface area (Å²) in [6.45, 7) is 10.8. The first kappa shape index (κ1) is 14.9. The van der Waals surface area contributed by atoms with Gasteiger partial charge in [-0.15, -0.1) is 0 Å². The van der Waals surface area contributed by atoms with Crippen molar-refractivity contribution in [2.45, 2.75) is 77.6 Å². The summed E-state index contributed by atoms with van der Waals surface area (Å²) >= 11 is 0. The van der Waals surface area contributed by atoms with Crippen LogP contribution < -0.4 is 5.73 Å². The predicted molar refractivity (Wildman–Crippen MR) is 73.2 cm³/mol. The van der Waals surface area contributed by atoms with Gasteiger partial charge in [0.25, 0.3) is 0 Å². The molecule has 0 aromatic heterocycles. The van der Waals surface area contributed by atoms with Crippen molar-refractivity contribution in [1.29, 1.82) is 0 Å². The van der Waals surface area contributed by atoms with E-state index in [1.165, 1.54) is 6.42 Å². The van der Waals surface area contributed by atoms with Crippen LogP contribution in [-0.2, 0) is 4.74 Å². The van der Waals surface area contributed by atoms with Crippen molar-refractivity contribution in [3.05, 3.63) is 0 Å². The average molecular weight is 242 g/mol. The Kier molecular flexibility index (Phi) is 6.45. The van der Waals surface area contributed by atoms with E-state index in [-0.39, 0.29) is 0 Å². The third kappa shape index (κ3) is 3.94. The molecule has 0 aromatic rings. The van der Waals surface area contributed by atoms with Crippen molar-refractivity contribution >= 4 is 0 Å². The van der Waals surface area contributed by atoms with E-state index in [9.17, 15) is 0 Å². The van der Waals surface area contributed by atoms with Gasteiger partial charge in [0.2, 0.25) is 0 Å². The second-order valence-electron chi connectivity index (χ2n) is 5.33. The lowest BCUT2D eigenvalue weighted by Crippen LogP contribution is -2.58. The zero-order chi connectivity index (χ0) is 12.8. The first-order valence-corrected chi connectivity index (χ1v) is 7.26. The first-order valence-electron chi connectivity index (χ1n) is 7.26. The molecule has 0 saturated carbocycles. The van der Waals surface area contributed by atoms with E-state index in [2.05, 4.69) is 32.6 Å². The molecule has 0 spiro atoms. The zero-order valence-corrected chi connectivity index (χ0v) is 12.0. The number of ether oxygens (including phenoxy) is 1. The minimum atomic E-state index is 0.310. The monoisotopic (exact) mass is 242 g/mol. The molecular weight excluding hydrogens is 212 g/mol. The highest BCUT2D eigenvalue weighted by Crippen LogP contribution is 2.22. The van der Waals surface area contributed by atoms with Crippen LogP contribution in [0.4, 0.5) is 0 Å². The molecule has 0 aromatic carbocycles. The van der Waals surface area contributed by atoms with E-state index in [0.29, 0.717) is 24.2 Å². The second-order valence-corrected chi connectivity index (χ2v) is 5.33. The van der Waals surface area contributed by atoms with Crippen molar-refractivity contribution < 1.29 is 4.74 Å².